The molecule has 0 amide bonds. The number of hydrogen-bond acceptors (Lipinski definition) is 1. The van der Waals surface area contributed by atoms with Crippen LogP contribution in [-0.2, 0) is 0 Å². The van der Waals surface area contributed by atoms with Crippen molar-refractivity contribution in [3.8, 4) is 0 Å². The molecule has 0 aromatic heterocycles. The zero-order chi connectivity index (χ0) is 17.2. The molecule has 0 heterocycles. The second-order valence-corrected chi connectivity index (χ2v) is 7.77. The lowest BCUT2D eigenvalue weighted by molar-refractivity contribution is -0.928. The van der Waals surface area contributed by atoms with E-state index < -0.39 is 0 Å². The summed E-state index contributed by atoms with van der Waals surface area (Å²) in [7, 11) is 0. The van der Waals surface area contributed by atoms with Gasteiger partial charge < -0.3 is 9.96 Å². The minimum Gasteiger partial charge on any atom is -0.870 e. The van der Waals surface area contributed by atoms with Crippen LogP contribution in [0.2, 0.25) is 0 Å². The van der Waals surface area contributed by atoms with Gasteiger partial charge in [-0.3, -0.25) is 0 Å². The summed E-state index contributed by atoms with van der Waals surface area (Å²) in [6.07, 6.45) is 20.0. The summed E-state index contributed by atoms with van der Waals surface area (Å²) in [5.41, 5.74) is 0. The number of nitrogens with zero attached hydrogens (tertiary/aromatic N) is 1. The second kappa shape index (κ2) is 19.2. The molecule has 0 radical (unpaired) electrons. The van der Waals surface area contributed by atoms with Gasteiger partial charge in [0.25, 0.3) is 0 Å². The van der Waals surface area contributed by atoms with Crippen LogP contribution in [-0.4, -0.2) is 36.1 Å². The highest BCUT2D eigenvalue weighted by Gasteiger charge is 2.24. The average Bonchev–Trinajstić information content (AvgIpc) is 2.54. The van der Waals surface area contributed by atoms with Gasteiger partial charge in [0.15, 0.2) is 0 Å². The van der Waals surface area contributed by atoms with Crippen LogP contribution in [0.15, 0.2) is 0 Å². The molecule has 0 saturated carbocycles. The zero-order valence-electron chi connectivity index (χ0n) is 17.6. The first-order valence-corrected chi connectivity index (χ1v) is 11.1. The Balaban J connectivity index is 0. The van der Waals surface area contributed by atoms with Crippen LogP contribution in [0.3, 0.4) is 0 Å². The molecule has 1 N–H and O–H groups in total. The van der Waals surface area contributed by atoms with E-state index in [9.17, 15) is 0 Å². The lowest BCUT2D eigenvalue weighted by Crippen LogP contribution is -2.50. The molecule has 148 valence electrons. The van der Waals surface area contributed by atoms with E-state index in [1.807, 2.05) is 0 Å². The van der Waals surface area contributed by atoms with E-state index in [1.165, 1.54) is 121 Å². The maximum absolute atomic E-state index is 2.38. The molecule has 0 saturated heterocycles. The minimum absolute atomic E-state index is 0. The Hall–Kier alpha value is -0.0800. The lowest BCUT2D eigenvalue weighted by atomic mass is 10.1. The summed E-state index contributed by atoms with van der Waals surface area (Å²) in [6.45, 7) is 15.1. The molecule has 0 aliphatic rings. The van der Waals surface area contributed by atoms with Gasteiger partial charge in [-0.1, -0.05) is 79.1 Å². The first-order valence-electron chi connectivity index (χ1n) is 11.1. The van der Waals surface area contributed by atoms with Crippen LogP contribution >= 0.6 is 0 Å². The Morgan fingerprint density at radius 1 is 0.375 bits per heavy atom. The van der Waals surface area contributed by atoms with Gasteiger partial charge in [-0.05, 0) is 38.5 Å². The van der Waals surface area contributed by atoms with E-state index in [1.54, 1.807) is 0 Å². The molecule has 0 aromatic carbocycles. The third-order valence-electron chi connectivity index (χ3n) is 5.37. The Morgan fingerprint density at radius 2 is 0.708 bits per heavy atom. The van der Waals surface area contributed by atoms with Crippen LogP contribution < -0.4 is 0 Å². The molecule has 0 rings (SSSR count). The fraction of sp³-hybridized carbons (Fsp3) is 1.00. The number of quaternary nitrogens is 1. The molecule has 2 heteroatoms. The van der Waals surface area contributed by atoms with Crippen molar-refractivity contribution in [2.75, 3.05) is 26.2 Å². The van der Waals surface area contributed by atoms with Crippen molar-refractivity contribution >= 4 is 0 Å². The number of unbranched alkanes of at least 4 members (excludes halogenated alkanes) is 10. The molecule has 0 fully saturated rings. The summed E-state index contributed by atoms with van der Waals surface area (Å²) >= 11 is 0. The Labute approximate surface area is 154 Å². The smallest absolute Gasteiger partial charge is 0.0786 e. The molecule has 0 aliphatic carbocycles. The van der Waals surface area contributed by atoms with E-state index in [-0.39, 0.29) is 5.48 Å². The normalized spacial score (nSPS) is 11.5. The van der Waals surface area contributed by atoms with Crippen LogP contribution in [0.5, 0.6) is 0 Å². The third kappa shape index (κ3) is 14.3. The van der Waals surface area contributed by atoms with Gasteiger partial charge in [0.2, 0.25) is 0 Å². The molecule has 0 aliphatic heterocycles. The highest BCUT2D eigenvalue weighted by atomic mass is 16.0. The topological polar surface area (TPSA) is 30.0 Å². The van der Waals surface area contributed by atoms with E-state index in [4.69, 9.17) is 0 Å². The quantitative estimate of drug-likeness (QED) is 0.192. The first-order chi connectivity index (χ1) is 11.2. The van der Waals surface area contributed by atoms with Crippen molar-refractivity contribution in [1.29, 1.82) is 0 Å². The van der Waals surface area contributed by atoms with Crippen LogP contribution in [0.4, 0.5) is 0 Å². The lowest BCUT2D eigenvalue weighted by Gasteiger charge is -2.39. The van der Waals surface area contributed by atoms with Gasteiger partial charge in [0, 0.05) is 0 Å². The van der Waals surface area contributed by atoms with E-state index in [0.29, 0.717) is 0 Å². The monoisotopic (exact) mass is 343 g/mol. The van der Waals surface area contributed by atoms with Crippen molar-refractivity contribution in [3.05, 3.63) is 0 Å². The SMILES string of the molecule is CCCCCCCC[N+](CCC)(CCC)CCCCCCCC.[OH-]. The summed E-state index contributed by atoms with van der Waals surface area (Å²) in [5, 5.41) is 0. The second-order valence-electron chi connectivity index (χ2n) is 7.77. The van der Waals surface area contributed by atoms with E-state index >= 15 is 0 Å². The maximum Gasteiger partial charge on any atom is 0.0786 e. The molecule has 0 unspecified atom stereocenters. The van der Waals surface area contributed by atoms with E-state index in [0.717, 1.165) is 0 Å². The fourth-order valence-corrected chi connectivity index (χ4v) is 4.07. The van der Waals surface area contributed by atoms with Crippen molar-refractivity contribution in [2.24, 2.45) is 0 Å². The van der Waals surface area contributed by atoms with Gasteiger partial charge in [-0.25, -0.2) is 0 Å². The maximum atomic E-state index is 2.38. The van der Waals surface area contributed by atoms with Crippen molar-refractivity contribution < 1.29 is 9.96 Å². The highest BCUT2D eigenvalue weighted by Crippen LogP contribution is 2.17. The predicted octanol–water partition coefficient (Wildman–Crippen LogP) is 7.17. The minimum atomic E-state index is 0. The largest absolute Gasteiger partial charge is 0.870 e. The number of hydrogen-bond donors (Lipinski definition) is 0. The Bertz CT molecular complexity index is 206. The molecule has 0 bridgehead atoms. The molecule has 0 aromatic rings. The summed E-state index contributed by atoms with van der Waals surface area (Å²) < 4.78 is 1.43. The summed E-state index contributed by atoms with van der Waals surface area (Å²) in [4.78, 5) is 0. The Kier molecular flexibility index (Phi) is 21.0. The molecule has 0 spiro atoms. The van der Waals surface area contributed by atoms with Gasteiger partial charge in [0.05, 0.1) is 26.2 Å². The average molecular weight is 344 g/mol. The molecular formula is C22H49NO. The summed E-state index contributed by atoms with van der Waals surface area (Å²) in [6, 6.07) is 0. The third-order valence-corrected chi connectivity index (χ3v) is 5.37. The number of rotatable bonds is 18. The predicted molar refractivity (Wildman–Crippen MR) is 109 cm³/mol. The zero-order valence-corrected chi connectivity index (χ0v) is 17.6. The van der Waals surface area contributed by atoms with Gasteiger partial charge in [-0.2, -0.15) is 0 Å². The van der Waals surface area contributed by atoms with Crippen LogP contribution in [0, 0.1) is 0 Å². The fourth-order valence-electron chi connectivity index (χ4n) is 4.07. The molecule has 24 heavy (non-hydrogen) atoms. The van der Waals surface area contributed by atoms with Gasteiger partial charge in [-0.15, -0.1) is 0 Å². The first kappa shape index (κ1) is 26.2. The molecular weight excluding hydrogens is 294 g/mol. The van der Waals surface area contributed by atoms with Crippen molar-refractivity contribution in [1.82, 2.24) is 0 Å². The molecule has 2 nitrogen and oxygen atoms in total. The molecule has 0 atom stereocenters. The Morgan fingerprint density at radius 3 is 1.04 bits per heavy atom. The highest BCUT2D eigenvalue weighted by molar-refractivity contribution is 4.51. The van der Waals surface area contributed by atoms with Crippen molar-refractivity contribution in [2.45, 2.75) is 118 Å². The van der Waals surface area contributed by atoms with Gasteiger partial charge >= 0.3 is 0 Å². The van der Waals surface area contributed by atoms with Gasteiger partial charge in [0.1, 0.15) is 0 Å². The standard InChI is InChI=1S/C22H48N.H2O/c1-5-9-11-13-15-17-21-23(19-7-3,20-8-4)22-18-16-14-12-10-6-2;/h5-22H2,1-4H3;1H2/q+1;/p-1. The van der Waals surface area contributed by atoms with E-state index in [2.05, 4.69) is 27.7 Å². The van der Waals surface area contributed by atoms with Crippen molar-refractivity contribution in [3.63, 3.8) is 0 Å². The summed E-state index contributed by atoms with van der Waals surface area (Å²) in [5.74, 6) is 0. The van der Waals surface area contributed by atoms with Crippen LogP contribution in [0.1, 0.15) is 118 Å². The van der Waals surface area contributed by atoms with Crippen LogP contribution in [0.25, 0.3) is 0 Å².